The van der Waals surface area contributed by atoms with E-state index in [2.05, 4.69) is 9.98 Å². The highest BCUT2D eigenvalue weighted by molar-refractivity contribution is 5.84. The molecular weight excluding hydrogens is 214 g/mol. The molecule has 1 atom stereocenters. The van der Waals surface area contributed by atoms with Gasteiger partial charge in [-0.3, -0.25) is 19.1 Å². The van der Waals surface area contributed by atoms with Crippen LogP contribution in [0.15, 0.2) is 14.6 Å². The van der Waals surface area contributed by atoms with Gasteiger partial charge in [-0.15, -0.1) is 0 Å². The molecule has 1 unspecified atom stereocenters. The van der Waals surface area contributed by atoms with Gasteiger partial charge in [0.05, 0.1) is 12.0 Å². The second kappa shape index (κ2) is 3.44. The van der Waals surface area contributed by atoms with E-state index >= 15 is 0 Å². The van der Waals surface area contributed by atoms with Crippen molar-refractivity contribution in [3.05, 3.63) is 26.4 Å². The standard InChI is InChI=1S/C9H9N3O4/c1-12-7-6(8(15)11-9(12)16)4(3-10-7)2-5(13)14/h3-4H,2H2,1H3,(H,13,14)(H,11,15,16). The van der Waals surface area contributed by atoms with E-state index in [1.165, 1.54) is 17.8 Å². The van der Waals surface area contributed by atoms with Gasteiger partial charge in [0.25, 0.3) is 5.56 Å². The molecule has 0 aromatic carbocycles. The van der Waals surface area contributed by atoms with Crippen molar-refractivity contribution in [2.45, 2.75) is 12.3 Å². The van der Waals surface area contributed by atoms with Gasteiger partial charge in [0.1, 0.15) is 5.82 Å². The van der Waals surface area contributed by atoms with Gasteiger partial charge < -0.3 is 5.11 Å². The fourth-order valence-corrected chi connectivity index (χ4v) is 1.70. The molecule has 2 heterocycles. The molecule has 0 amide bonds. The first kappa shape index (κ1) is 10.3. The van der Waals surface area contributed by atoms with Crippen LogP contribution in [0.1, 0.15) is 17.9 Å². The Bertz CT molecular complexity index is 596. The minimum absolute atomic E-state index is 0.211. The molecule has 7 heteroatoms. The van der Waals surface area contributed by atoms with Crippen molar-refractivity contribution in [3.63, 3.8) is 0 Å². The van der Waals surface area contributed by atoms with Crippen molar-refractivity contribution >= 4 is 18.0 Å². The van der Waals surface area contributed by atoms with Crippen molar-refractivity contribution in [2.75, 3.05) is 0 Å². The maximum atomic E-state index is 11.5. The third-order valence-corrected chi connectivity index (χ3v) is 2.47. The molecule has 2 N–H and O–H groups in total. The van der Waals surface area contributed by atoms with Crippen LogP contribution in [0.4, 0.5) is 5.82 Å². The van der Waals surface area contributed by atoms with Gasteiger partial charge in [-0.25, -0.2) is 9.79 Å². The summed E-state index contributed by atoms with van der Waals surface area (Å²) in [6.07, 6.45) is 1.17. The minimum Gasteiger partial charge on any atom is -0.481 e. The average molecular weight is 223 g/mol. The fourth-order valence-electron chi connectivity index (χ4n) is 1.70. The lowest BCUT2D eigenvalue weighted by atomic mass is 10.0. The predicted octanol–water partition coefficient (Wildman–Crippen LogP) is -0.652. The Kier molecular flexibility index (Phi) is 2.22. The van der Waals surface area contributed by atoms with Crippen LogP contribution in [0.2, 0.25) is 0 Å². The quantitative estimate of drug-likeness (QED) is 0.694. The number of carboxylic acid groups (broad SMARTS) is 1. The zero-order chi connectivity index (χ0) is 11.9. The molecule has 16 heavy (non-hydrogen) atoms. The van der Waals surface area contributed by atoms with E-state index in [-0.39, 0.29) is 17.8 Å². The van der Waals surface area contributed by atoms with Crippen LogP contribution < -0.4 is 11.2 Å². The number of nitrogens with one attached hydrogen (secondary N) is 1. The molecule has 1 aromatic heterocycles. The lowest BCUT2D eigenvalue weighted by Gasteiger charge is -2.06. The SMILES string of the molecule is Cn1c2c(c(=O)[nH]c1=O)C(CC(=O)O)C=N2. The summed E-state index contributed by atoms with van der Waals surface area (Å²) in [5, 5.41) is 8.67. The van der Waals surface area contributed by atoms with Gasteiger partial charge in [0, 0.05) is 19.2 Å². The summed E-state index contributed by atoms with van der Waals surface area (Å²) < 4.78 is 1.19. The van der Waals surface area contributed by atoms with Crippen LogP contribution in [-0.2, 0) is 11.8 Å². The van der Waals surface area contributed by atoms with Crippen LogP contribution in [0, 0.1) is 0 Å². The van der Waals surface area contributed by atoms with E-state index in [1.807, 2.05) is 0 Å². The van der Waals surface area contributed by atoms with Crippen molar-refractivity contribution in [3.8, 4) is 0 Å². The van der Waals surface area contributed by atoms with E-state index in [9.17, 15) is 14.4 Å². The van der Waals surface area contributed by atoms with Gasteiger partial charge in [-0.05, 0) is 0 Å². The molecule has 1 aliphatic rings. The first-order valence-corrected chi connectivity index (χ1v) is 4.60. The summed E-state index contributed by atoms with van der Waals surface area (Å²) in [5.41, 5.74) is -0.886. The molecule has 2 rings (SSSR count). The summed E-state index contributed by atoms with van der Waals surface area (Å²) in [6, 6.07) is 0. The maximum Gasteiger partial charge on any atom is 0.329 e. The Morgan fingerprint density at radius 1 is 1.62 bits per heavy atom. The van der Waals surface area contributed by atoms with E-state index in [0.29, 0.717) is 0 Å². The first-order valence-electron chi connectivity index (χ1n) is 4.60. The zero-order valence-corrected chi connectivity index (χ0v) is 8.43. The number of aromatic amines is 1. The number of aliphatic carboxylic acids is 1. The Labute approximate surface area is 89.1 Å². The van der Waals surface area contributed by atoms with Gasteiger partial charge in [0.15, 0.2) is 0 Å². The number of rotatable bonds is 2. The zero-order valence-electron chi connectivity index (χ0n) is 8.43. The molecule has 0 saturated heterocycles. The average Bonchev–Trinajstić information content (AvgIpc) is 2.58. The molecule has 1 aliphatic heterocycles. The Morgan fingerprint density at radius 3 is 2.94 bits per heavy atom. The monoisotopic (exact) mass is 223 g/mol. The largest absolute Gasteiger partial charge is 0.481 e. The number of carbonyl (C=O) groups is 1. The van der Waals surface area contributed by atoms with Gasteiger partial charge in [-0.2, -0.15) is 0 Å². The lowest BCUT2D eigenvalue weighted by Crippen LogP contribution is -2.31. The third-order valence-electron chi connectivity index (χ3n) is 2.47. The normalized spacial score (nSPS) is 17.4. The molecule has 0 saturated carbocycles. The summed E-state index contributed by atoms with van der Waals surface area (Å²) in [6.45, 7) is 0. The van der Waals surface area contributed by atoms with Crippen LogP contribution in [0.25, 0.3) is 0 Å². The fraction of sp³-hybridized carbons (Fsp3) is 0.333. The number of hydrogen-bond acceptors (Lipinski definition) is 4. The Balaban J connectivity index is 2.60. The number of aliphatic imine (C=N–C) groups is 1. The number of fused-ring (bicyclic) bond motifs is 1. The topological polar surface area (TPSA) is 105 Å². The summed E-state index contributed by atoms with van der Waals surface area (Å²) in [4.78, 5) is 39.4. The molecule has 0 spiro atoms. The Morgan fingerprint density at radius 2 is 2.31 bits per heavy atom. The smallest absolute Gasteiger partial charge is 0.329 e. The number of carboxylic acids is 1. The first-order chi connectivity index (χ1) is 7.50. The number of aromatic nitrogens is 2. The number of hydrogen-bond donors (Lipinski definition) is 2. The van der Waals surface area contributed by atoms with E-state index < -0.39 is 23.1 Å². The number of H-pyrrole nitrogens is 1. The summed E-state index contributed by atoms with van der Waals surface area (Å²) >= 11 is 0. The van der Waals surface area contributed by atoms with Crippen LogP contribution in [0.3, 0.4) is 0 Å². The van der Waals surface area contributed by atoms with Crippen molar-refractivity contribution in [1.29, 1.82) is 0 Å². The lowest BCUT2D eigenvalue weighted by molar-refractivity contribution is -0.137. The summed E-state index contributed by atoms with van der Waals surface area (Å²) in [7, 11) is 1.47. The highest BCUT2D eigenvalue weighted by Crippen LogP contribution is 2.29. The van der Waals surface area contributed by atoms with Gasteiger partial charge in [-0.1, -0.05) is 0 Å². The van der Waals surface area contributed by atoms with E-state index in [0.717, 1.165) is 0 Å². The molecule has 0 aliphatic carbocycles. The molecule has 0 bridgehead atoms. The van der Waals surface area contributed by atoms with Crippen molar-refractivity contribution in [1.82, 2.24) is 9.55 Å². The second-order valence-electron chi connectivity index (χ2n) is 3.54. The van der Waals surface area contributed by atoms with Crippen LogP contribution in [0.5, 0.6) is 0 Å². The van der Waals surface area contributed by atoms with Crippen LogP contribution >= 0.6 is 0 Å². The molecular formula is C9H9N3O4. The Hall–Kier alpha value is -2.18. The summed E-state index contributed by atoms with van der Waals surface area (Å²) in [5.74, 6) is -1.35. The molecule has 7 nitrogen and oxygen atoms in total. The minimum atomic E-state index is -1.02. The van der Waals surface area contributed by atoms with Gasteiger partial charge >= 0.3 is 11.7 Å². The highest BCUT2D eigenvalue weighted by atomic mass is 16.4. The van der Waals surface area contributed by atoms with Crippen molar-refractivity contribution < 1.29 is 9.90 Å². The molecule has 0 radical (unpaired) electrons. The van der Waals surface area contributed by atoms with Gasteiger partial charge in [0.2, 0.25) is 0 Å². The van der Waals surface area contributed by atoms with E-state index in [1.54, 1.807) is 0 Å². The number of nitrogens with zero attached hydrogens (tertiary/aromatic N) is 2. The van der Waals surface area contributed by atoms with Crippen LogP contribution in [-0.4, -0.2) is 26.8 Å². The molecule has 1 aromatic rings. The molecule has 84 valence electrons. The highest BCUT2D eigenvalue weighted by Gasteiger charge is 2.27. The maximum absolute atomic E-state index is 11.5. The van der Waals surface area contributed by atoms with E-state index in [4.69, 9.17) is 5.11 Å². The molecule has 0 fully saturated rings. The predicted molar refractivity (Wildman–Crippen MR) is 55.4 cm³/mol. The second-order valence-corrected chi connectivity index (χ2v) is 3.54. The third kappa shape index (κ3) is 1.46. The van der Waals surface area contributed by atoms with Crippen molar-refractivity contribution in [2.24, 2.45) is 12.0 Å².